The van der Waals surface area contributed by atoms with Gasteiger partial charge >= 0.3 is 5.97 Å². The molecular formula is C26H27N2O4+. The normalized spacial score (nSPS) is 16.8. The Morgan fingerprint density at radius 2 is 1.59 bits per heavy atom. The summed E-state index contributed by atoms with van der Waals surface area (Å²) in [5.41, 5.74) is 4.73. The molecule has 1 saturated carbocycles. The van der Waals surface area contributed by atoms with Crippen molar-refractivity contribution >= 4 is 17.4 Å². The number of hydrogen-bond acceptors (Lipinski definition) is 4. The minimum absolute atomic E-state index is 0.132. The van der Waals surface area contributed by atoms with Crippen molar-refractivity contribution in [3.05, 3.63) is 89.5 Å². The van der Waals surface area contributed by atoms with Crippen LogP contribution in [0.5, 0.6) is 11.5 Å². The molecule has 4 rings (SSSR count). The molecule has 3 aromatic rings. The lowest BCUT2D eigenvalue weighted by atomic mass is 10.1. The van der Waals surface area contributed by atoms with Gasteiger partial charge in [0, 0.05) is 18.3 Å². The van der Waals surface area contributed by atoms with E-state index in [1.165, 1.54) is 0 Å². The molecule has 2 atom stereocenters. The second kappa shape index (κ2) is 9.56. The fraction of sp³-hybridized carbons (Fsp3) is 0.231. The van der Waals surface area contributed by atoms with Crippen LogP contribution in [0.4, 0.5) is 5.69 Å². The summed E-state index contributed by atoms with van der Waals surface area (Å²) in [6.45, 7) is 0.748. The van der Waals surface area contributed by atoms with Gasteiger partial charge in [0.2, 0.25) is 5.71 Å². The molecule has 164 valence electrons. The molecule has 6 heteroatoms. The molecule has 1 aliphatic carbocycles. The Kier molecular flexibility index (Phi) is 6.40. The van der Waals surface area contributed by atoms with E-state index in [1.807, 2.05) is 79.8 Å². The second-order valence-corrected chi connectivity index (χ2v) is 7.93. The molecule has 0 radical (unpaired) electrons. The third-order valence-electron chi connectivity index (χ3n) is 5.68. The van der Waals surface area contributed by atoms with Crippen LogP contribution in [-0.4, -0.2) is 30.4 Å². The average Bonchev–Trinajstić information content (AvgIpc) is 3.64. The van der Waals surface area contributed by atoms with E-state index in [-0.39, 0.29) is 11.8 Å². The van der Waals surface area contributed by atoms with Gasteiger partial charge in [-0.2, -0.15) is 0 Å². The van der Waals surface area contributed by atoms with Crippen LogP contribution < -0.4 is 20.2 Å². The third-order valence-corrected chi connectivity index (χ3v) is 5.68. The Labute approximate surface area is 187 Å². The van der Waals surface area contributed by atoms with Crippen LogP contribution in [0.2, 0.25) is 0 Å². The standard InChI is InChI=1S/C26H26N2O4/c1-28-20-8-4-19(5-9-20)25(27)16-32-21-10-2-17(3-11-21)15-31-22-12-6-18(7-13-22)23-14-24(23)26(29)30/h2-13,23-24,27-28H,14-16H2,1H3,(H,29,30)/p+1/t23-,24-/m1/s1. The topological polar surface area (TPSA) is 93.4 Å². The van der Waals surface area contributed by atoms with Crippen LogP contribution in [0.3, 0.4) is 0 Å². The number of hydrogen-bond donors (Lipinski definition) is 3. The number of carboxylic acid groups (broad SMARTS) is 1. The maximum Gasteiger partial charge on any atom is 0.307 e. The smallest absolute Gasteiger partial charge is 0.307 e. The number of benzene rings is 3. The molecule has 0 spiro atoms. The van der Waals surface area contributed by atoms with Crippen LogP contribution in [0, 0.1) is 5.92 Å². The van der Waals surface area contributed by atoms with Crippen molar-refractivity contribution in [1.82, 2.24) is 0 Å². The highest BCUT2D eigenvalue weighted by molar-refractivity contribution is 5.97. The summed E-state index contributed by atoms with van der Waals surface area (Å²) in [6, 6.07) is 23.3. The van der Waals surface area contributed by atoms with Gasteiger partial charge in [-0.15, -0.1) is 0 Å². The zero-order valence-corrected chi connectivity index (χ0v) is 18.0. The molecule has 0 aromatic heterocycles. The Balaban J connectivity index is 1.24. The van der Waals surface area contributed by atoms with E-state index >= 15 is 0 Å². The highest BCUT2D eigenvalue weighted by Gasteiger charge is 2.44. The second-order valence-electron chi connectivity index (χ2n) is 7.93. The van der Waals surface area contributed by atoms with Gasteiger partial charge in [0.1, 0.15) is 18.1 Å². The fourth-order valence-corrected chi connectivity index (χ4v) is 3.59. The number of rotatable bonds is 10. The first-order chi connectivity index (χ1) is 15.5. The van der Waals surface area contributed by atoms with Crippen molar-refractivity contribution in [2.24, 2.45) is 5.92 Å². The molecule has 1 fully saturated rings. The minimum Gasteiger partial charge on any atom is -0.489 e. The molecule has 1 aliphatic rings. The summed E-state index contributed by atoms with van der Waals surface area (Å²) in [5, 5.41) is 18.3. The monoisotopic (exact) mass is 431 g/mol. The van der Waals surface area contributed by atoms with Gasteiger partial charge < -0.3 is 19.9 Å². The van der Waals surface area contributed by atoms with Crippen LogP contribution in [0.25, 0.3) is 0 Å². The van der Waals surface area contributed by atoms with Gasteiger partial charge in [0.15, 0.2) is 6.61 Å². The molecular weight excluding hydrogens is 404 g/mol. The van der Waals surface area contributed by atoms with Gasteiger partial charge in [0.05, 0.1) is 5.92 Å². The largest absolute Gasteiger partial charge is 0.489 e. The van der Waals surface area contributed by atoms with Gasteiger partial charge in [-0.3, -0.25) is 10.2 Å². The molecule has 0 bridgehead atoms. The van der Waals surface area contributed by atoms with E-state index in [0.717, 1.165) is 40.3 Å². The zero-order valence-electron chi connectivity index (χ0n) is 18.0. The Bertz CT molecular complexity index is 1080. The Morgan fingerprint density at radius 1 is 0.969 bits per heavy atom. The first-order valence-corrected chi connectivity index (χ1v) is 10.6. The predicted octanol–water partition coefficient (Wildman–Crippen LogP) is 3.12. The van der Waals surface area contributed by atoms with Gasteiger partial charge in [-0.1, -0.05) is 24.3 Å². The number of carbonyl (C=O) groups is 1. The zero-order chi connectivity index (χ0) is 22.5. The number of ether oxygens (including phenoxy) is 2. The van der Waals surface area contributed by atoms with Crippen LogP contribution >= 0.6 is 0 Å². The maximum atomic E-state index is 11.0. The molecule has 0 heterocycles. The first kappa shape index (κ1) is 21.4. The summed E-state index contributed by atoms with van der Waals surface area (Å²) in [4.78, 5) is 11.0. The quantitative estimate of drug-likeness (QED) is 0.429. The summed E-state index contributed by atoms with van der Waals surface area (Å²) in [6.07, 6.45) is 0.718. The van der Waals surface area contributed by atoms with E-state index in [2.05, 4.69) is 5.32 Å². The Hall–Kier alpha value is -3.80. The summed E-state index contributed by atoms with van der Waals surface area (Å²) >= 11 is 0. The number of anilines is 1. The highest BCUT2D eigenvalue weighted by Crippen LogP contribution is 2.47. The van der Waals surface area contributed by atoms with Crippen molar-refractivity contribution in [2.45, 2.75) is 18.9 Å². The first-order valence-electron chi connectivity index (χ1n) is 10.6. The van der Waals surface area contributed by atoms with E-state index in [1.54, 1.807) is 0 Å². The molecule has 0 aliphatic heterocycles. The maximum absolute atomic E-state index is 11.0. The summed E-state index contributed by atoms with van der Waals surface area (Å²) in [5.74, 6) is 0.674. The number of nitrogens with one attached hydrogen (secondary N) is 1. The summed E-state index contributed by atoms with van der Waals surface area (Å²) < 4.78 is 11.7. The predicted molar refractivity (Wildman–Crippen MR) is 123 cm³/mol. The third kappa shape index (κ3) is 5.27. The van der Waals surface area contributed by atoms with Crippen molar-refractivity contribution < 1.29 is 24.8 Å². The molecule has 0 unspecified atom stereocenters. The number of aliphatic carboxylic acids is 1. The van der Waals surface area contributed by atoms with Crippen LogP contribution in [0.15, 0.2) is 72.8 Å². The van der Waals surface area contributed by atoms with Crippen LogP contribution in [0.1, 0.15) is 29.0 Å². The molecule has 4 N–H and O–H groups in total. The van der Waals surface area contributed by atoms with Crippen LogP contribution in [-0.2, 0) is 11.4 Å². The van der Waals surface area contributed by atoms with E-state index in [4.69, 9.17) is 20.0 Å². The lowest BCUT2D eigenvalue weighted by Gasteiger charge is -2.09. The van der Waals surface area contributed by atoms with Gasteiger partial charge in [-0.25, -0.2) is 0 Å². The highest BCUT2D eigenvalue weighted by atomic mass is 16.5. The van der Waals surface area contributed by atoms with Crippen molar-refractivity contribution in [2.75, 3.05) is 19.0 Å². The number of nitrogens with two attached hydrogens (primary N) is 1. The molecule has 0 saturated heterocycles. The summed E-state index contributed by atoms with van der Waals surface area (Å²) in [7, 11) is 1.88. The number of carboxylic acids is 1. The van der Waals surface area contributed by atoms with Crippen molar-refractivity contribution in [3.8, 4) is 11.5 Å². The molecule has 6 nitrogen and oxygen atoms in total. The van der Waals surface area contributed by atoms with E-state index in [0.29, 0.717) is 18.9 Å². The lowest BCUT2D eigenvalue weighted by Crippen LogP contribution is -2.43. The molecule has 3 aromatic carbocycles. The minimum atomic E-state index is -0.716. The van der Waals surface area contributed by atoms with Crippen molar-refractivity contribution in [3.63, 3.8) is 0 Å². The average molecular weight is 432 g/mol. The van der Waals surface area contributed by atoms with Crippen molar-refractivity contribution in [1.29, 1.82) is 0 Å². The van der Waals surface area contributed by atoms with E-state index in [9.17, 15) is 4.79 Å². The van der Waals surface area contributed by atoms with Gasteiger partial charge in [0.25, 0.3) is 0 Å². The molecule has 0 amide bonds. The SMILES string of the molecule is CNc1ccc(C(=[NH2+])COc2ccc(COc3ccc([C@H]4C[C@H]4C(=O)O)cc3)cc2)cc1. The Morgan fingerprint density at radius 3 is 2.19 bits per heavy atom. The fourth-order valence-electron chi connectivity index (χ4n) is 3.59. The molecule has 32 heavy (non-hydrogen) atoms. The van der Waals surface area contributed by atoms with Gasteiger partial charge in [-0.05, 0) is 72.0 Å². The lowest BCUT2D eigenvalue weighted by molar-refractivity contribution is -0.138. The van der Waals surface area contributed by atoms with E-state index < -0.39 is 5.97 Å².